The van der Waals surface area contributed by atoms with Gasteiger partial charge in [0.05, 0.1) is 25.3 Å². The highest BCUT2D eigenvalue weighted by atomic mass is 35.5. The fourth-order valence-corrected chi connectivity index (χ4v) is 7.18. The van der Waals surface area contributed by atoms with E-state index in [0.717, 1.165) is 38.5 Å². The molecule has 0 fully saturated rings. The number of aliphatic hydroxyl groups is 1. The van der Waals surface area contributed by atoms with E-state index in [4.69, 9.17) is 30.9 Å². The fourth-order valence-electron chi connectivity index (χ4n) is 6.91. The van der Waals surface area contributed by atoms with Crippen molar-refractivity contribution in [1.29, 1.82) is 0 Å². The molecule has 1 aliphatic heterocycles. The lowest BCUT2D eigenvalue weighted by molar-refractivity contribution is 0.0257. The molecule has 12 heteroatoms. The quantitative estimate of drug-likeness (QED) is 0.166. The first-order valence-electron chi connectivity index (χ1n) is 16.6. The summed E-state index contributed by atoms with van der Waals surface area (Å²) in [5.74, 6) is -1.41. The molecule has 0 saturated carbocycles. The van der Waals surface area contributed by atoms with Crippen LogP contribution in [0.1, 0.15) is 104 Å². The Hall–Kier alpha value is -3.70. The second kappa shape index (κ2) is 14.6. The summed E-state index contributed by atoms with van der Waals surface area (Å²) in [6, 6.07) is 2.93. The first kappa shape index (κ1) is 34.6. The van der Waals surface area contributed by atoms with Crippen molar-refractivity contribution in [2.24, 2.45) is 13.0 Å². The van der Waals surface area contributed by atoms with E-state index < -0.39 is 34.3 Å². The van der Waals surface area contributed by atoms with Gasteiger partial charge < -0.3 is 19.3 Å². The second-order valence-electron chi connectivity index (χ2n) is 12.7. The van der Waals surface area contributed by atoms with Crippen LogP contribution in [0.25, 0.3) is 11.0 Å². The van der Waals surface area contributed by atoms with E-state index in [1.54, 1.807) is 14.0 Å². The molecule has 2 aliphatic rings. The van der Waals surface area contributed by atoms with Gasteiger partial charge in [-0.2, -0.15) is 0 Å². The van der Waals surface area contributed by atoms with Gasteiger partial charge in [-0.15, -0.1) is 0 Å². The average Bonchev–Trinajstić information content (AvgIpc) is 3.38. The van der Waals surface area contributed by atoms with E-state index in [9.17, 15) is 19.2 Å². The van der Waals surface area contributed by atoms with Gasteiger partial charge in [-0.25, -0.2) is 9.78 Å². The van der Waals surface area contributed by atoms with Crippen LogP contribution >= 0.6 is 11.6 Å². The smallest absolute Gasteiger partial charge is 0.332 e. The van der Waals surface area contributed by atoms with Crippen molar-refractivity contribution in [3.05, 3.63) is 54.8 Å². The molecule has 254 valence electrons. The summed E-state index contributed by atoms with van der Waals surface area (Å²) >= 11 is 6.54. The van der Waals surface area contributed by atoms with Gasteiger partial charge in [0.2, 0.25) is 17.2 Å². The number of rotatable bonds is 15. The van der Waals surface area contributed by atoms with E-state index >= 15 is 0 Å². The Morgan fingerprint density at radius 3 is 2.11 bits per heavy atom. The Morgan fingerprint density at radius 1 is 0.915 bits per heavy atom. The zero-order valence-corrected chi connectivity index (χ0v) is 28.4. The number of halogens is 1. The molecule has 0 amide bonds. The second-order valence-corrected chi connectivity index (χ2v) is 13.0. The summed E-state index contributed by atoms with van der Waals surface area (Å²) in [6.07, 6.45) is 11.8. The molecular formula is C35H44ClN3O8. The Balaban J connectivity index is 1.35. The Morgan fingerprint density at radius 2 is 1.51 bits per heavy atom. The van der Waals surface area contributed by atoms with Gasteiger partial charge in [0.1, 0.15) is 27.7 Å². The monoisotopic (exact) mass is 669 g/mol. The number of Topliss-reactive ketones (excluding diaryl/α,β-unsaturated/α-hetero) is 2. The highest BCUT2D eigenvalue weighted by molar-refractivity contribution is 6.36. The van der Waals surface area contributed by atoms with Crippen molar-refractivity contribution in [2.75, 3.05) is 20.8 Å². The molecule has 11 nitrogen and oxygen atoms in total. The van der Waals surface area contributed by atoms with E-state index in [-0.39, 0.29) is 64.0 Å². The predicted molar refractivity (Wildman–Crippen MR) is 179 cm³/mol. The number of carbonyl (C=O) groups excluding carboxylic acids is 2. The lowest BCUT2D eigenvalue weighted by atomic mass is 9.71. The molecule has 0 radical (unpaired) electrons. The summed E-state index contributed by atoms with van der Waals surface area (Å²) in [7, 11) is 4.40. The summed E-state index contributed by atoms with van der Waals surface area (Å²) in [4.78, 5) is 59.9. The van der Waals surface area contributed by atoms with Crippen LogP contribution < -0.4 is 25.5 Å². The van der Waals surface area contributed by atoms with Crippen molar-refractivity contribution in [3.63, 3.8) is 0 Å². The Bertz CT molecular complexity index is 1800. The summed E-state index contributed by atoms with van der Waals surface area (Å²) in [5.41, 5.74) is -2.14. The summed E-state index contributed by atoms with van der Waals surface area (Å²) in [6.45, 7) is 2.26. The minimum Gasteiger partial charge on any atom is -0.496 e. The molecule has 1 N–H and O–H groups in total. The lowest BCUT2D eigenvalue weighted by Crippen LogP contribution is -2.57. The van der Waals surface area contributed by atoms with Crippen molar-refractivity contribution in [2.45, 2.75) is 96.1 Å². The van der Waals surface area contributed by atoms with Crippen LogP contribution in [0, 0.1) is 5.92 Å². The minimum absolute atomic E-state index is 0.0178. The lowest BCUT2D eigenvalue weighted by Gasteiger charge is -2.36. The summed E-state index contributed by atoms with van der Waals surface area (Å²) < 4.78 is 19.6. The number of carbonyl (C=O) groups is 2. The normalized spacial score (nSPS) is 18.5. The highest BCUT2D eigenvalue weighted by Gasteiger charge is 2.62. The third-order valence-corrected chi connectivity index (χ3v) is 9.98. The number of benzene rings is 1. The molecule has 1 aliphatic carbocycles. The Labute approximate surface area is 278 Å². The van der Waals surface area contributed by atoms with Crippen molar-refractivity contribution < 1.29 is 28.9 Å². The van der Waals surface area contributed by atoms with Crippen LogP contribution in [-0.2, 0) is 20.0 Å². The Kier molecular flexibility index (Phi) is 10.8. The number of aryl methyl sites for hydroxylation is 1. The van der Waals surface area contributed by atoms with Gasteiger partial charge in [0.15, 0.2) is 5.75 Å². The molecule has 1 spiro atoms. The van der Waals surface area contributed by atoms with Crippen molar-refractivity contribution in [1.82, 2.24) is 14.1 Å². The van der Waals surface area contributed by atoms with Crippen molar-refractivity contribution >= 4 is 34.2 Å². The standard InChI is InChI=1S/C35H44ClN3O8/c1-21-18-24-22(30(41)35(21)31(42)27-25(45-3)20-26(46-4)28(36)29(27)47-35)19-23-32(37-24)38(2)34(44)39(33(23)43)16-14-12-10-8-6-5-7-9-11-13-15-17-40/h19-21,40H,5-18H2,1-4H3/t21-,35+/m1/s1. The highest BCUT2D eigenvalue weighted by Crippen LogP contribution is 2.53. The van der Waals surface area contributed by atoms with E-state index in [0.29, 0.717) is 12.1 Å². The maximum absolute atomic E-state index is 14.3. The number of methoxy groups -OCH3 is 2. The van der Waals surface area contributed by atoms with Gasteiger partial charge in [-0.1, -0.05) is 76.3 Å². The molecule has 3 heterocycles. The van der Waals surface area contributed by atoms with Crippen LogP contribution in [-0.4, -0.2) is 57.2 Å². The molecule has 5 rings (SSSR count). The molecule has 47 heavy (non-hydrogen) atoms. The number of hydrogen-bond acceptors (Lipinski definition) is 9. The number of aliphatic hydroxyl groups excluding tert-OH is 1. The molecule has 2 atom stereocenters. The molecule has 0 saturated heterocycles. The first-order chi connectivity index (χ1) is 22.6. The van der Waals surface area contributed by atoms with Gasteiger partial charge in [-0.05, 0) is 25.3 Å². The van der Waals surface area contributed by atoms with Gasteiger partial charge in [-0.3, -0.25) is 23.5 Å². The molecule has 0 bridgehead atoms. The number of ether oxygens (including phenoxy) is 3. The first-order valence-corrected chi connectivity index (χ1v) is 17.0. The maximum atomic E-state index is 14.3. The van der Waals surface area contributed by atoms with Crippen LogP contribution in [0.3, 0.4) is 0 Å². The maximum Gasteiger partial charge on any atom is 0.332 e. The van der Waals surface area contributed by atoms with E-state index in [1.807, 2.05) is 0 Å². The largest absolute Gasteiger partial charge is 0.496 e. The van der Waals surface area contributed by atoms with Crippen LogP contribution in [0.5, 0.6) is 17.2 Å². The average molecular weight is 670 g/mol. The minimum atomic E-state index is -1.92. The zero-order chi connectivity index (χ0) is 33.9. The third kappa shape index (κ3) is 6.20. The van der Waals surface area contributed by atoms with Crippen LogP contribution in [0.15, 0.2) is 21.7 Å². The van der Waals surface area contributed by atoms with E-state index in [2.05, 4.69) is 4.98 Å². The third-order valence-electron chi connectivity index (χ3n) is 9.63. The molecule has 1 aromatic carbocycles. The fraction of sp³-hybridized carbons (Fsp3) is 0.571. The molecule has 3 aromatic rings. The number of unbranched alkanes of at least 4 members (excludes halogenated alkanes) is 10. The summed E-state index contributed by atoms with van der Waals surface area (Å²) in [5, 5.41) is 9.04. The topological polar surface area (TPSA) is 139 Å². The number of fused-ring (bicyclic) bond motifs is 3. The number of nitrogens with zero attached hydrogens (tertiary/aromatic N) is 3. The van der Waals surface area contributed by atoms with Crippen LogP contribution in [0.4, 0.5) is 0 Å². The number of pyridine rings is 1. The van der Waals surface area contributed by atoms with Gasteiger partial charge in [0, 0.05) is 37.7 Å². The van der Waals surface area contributed by atoms with Gasteiger partial charge >= 0.3 is 5.69 Å². The molecule has 2 aromatic heterocycles. The molecular weight excluding hydrogens is 626 g/mol. The zero-order valence-electron chi connectivity index (χ0n) is 27.7. The SMILES string of the molecule is COc1cc(OC)c2c(c1Cl)O[C@@]1(C(=O)c3cc4c(=O)n(CCCCCCCCCCCCCO)c(=O)n(C)c4nc3C[C@H]1C)C2=O. The predicted octanol–water partition coefficient (Wildman–Crippen LogP) is 5.44. The van der Waals surface area contributed by atoms with Crippen molar-refractivity contribution in [3.8, 4) is 17.2 Å². The van der Waals surface area contributed by atoms with E-state index in [1.165, 1.54) is 61.2 Å². The number of hydrogen-bond donors (Lipinski definition) is 1. The van der Waals surface area contributed by atoms with Crippen LogP contribution in [0.2, 0.25) is 5.02 Å². The van der Waals surface area contributed by atoms with Gasteiger partial charge in [0.25, 0.3) is 5.56 Å². The number of ketones is 2. The molecule has 0 unspecified atom stereocenters. The number of aromatic nitrogens is 3.